The second-order valence-corrected chi connectivity index (χ2v) is 7.31. The van der Waals surface area contributed by atoms with Gasteiger partial charge in [-0.25, -0.2) is 9.89 Å². The highest BCUT2D eigenvalue weighted by atomic mass is 35.5. The fraction of sp³-hybridized carbons (Fsp3) is 0.222. The summed E-state index contributed by atoms with van der Waals surface area (Å²) in [6, 6.07) is 4.28. The molecular weight excluding hydrogens is 435 g/mol. The van der Waals surface area contributed by atoms with Crippen LogP contribution >= 0.6 is 23.2 Å². The minimum atomic E-state index is -0.898. The summed E-state index contributed by atoms with van der Waals surface area (Å²) in [7, 11) is 0. The van der Waals surface area contributed by atoms with E-state index in [1.165, 1.54) is 12.1 Å². The molecule has 4 rings (SSSR count). The number of hydrogen-bond donors (Lipinski definition) is 2. The number of aromatic amines is 2. The fourth-order valence-corrected chi connectivity index (χ4v) is 3.78. The first kappa shape index (κ1) is 19.9. The molecule has 0 atom stereocenters. The first-order chi connectivity index (χ1) is 14.4. The van der Waals surface area contributed by atoms with Crippen molar-refractivity contribution in [3.8, 4) is 23.4 Å². The number of halogens is 2. The number of ether oxygens (including phenoxy) is 1. The monoisotopic (exact) mass is 446 g/mol. The van der Waals surface area contributed by atoms with E-state index in [-0.39, 0.29) is 32.9 Å². The molecule has 1 aromatic carbocycles. The summed E-state index contributed by atoms with van der Waals surface area (Å²) in [5.41, 5.74) is -1.05. The van der Waals surface area contributed by atoms with Gasteiger partial charge in [0.15, 0.2) is 5.75 Å². The summed E-state index contributed by atoms with van der Waals surface area (Å²) in [6.45, 7) is 0. The van der Waals surface area contributed by atoms with Crippen LogP contribution in [0.4, 0.5) is 0 Å². The van der Waals surface area contributed by atoms with Gasteiger partial charge >= 0.3 is 5.69 Å². The topological polar surface area (TPSA) is 147 Å². The molecule has 0 saturated heterocycles. The third kappa shape index (κ3) is 3.49. The molecule has 3 aromatic rings. The van der Waals surface area contributed by atoms with Crippen molar-refractivity contribution in [2.24, 2.45) is 0 Å². The molecule has 152 valence electrons. The number of aromatic nitrogens is 5. The SMILES string of the molecule is N#Cc1nn(-c2cc(Cl)c(Oc3n[nH]c(=O)c4c3CCCC4)c(Cl)c2)c(=O)[nH]c1=O. The lowest BCUT2D eigenvalue weighted by Gasteiger charge is -2.18. The molecule has 0 saturated carbocycles. The molecule has 0 amide bonds. The molecule has 1 aliphatic rings. The average molecular weight is 447 g/mol. The Morgan fingerprint density at radius 2 is 1.73 bits per heavy atom. The average Bonchev–Trinajstić information content (AvgIpc) is 2.72. The standard InChI is InChI=1S/C18H12Cl2N6O4/c19-11-5-8(26-18(29)22-16(28)13(7-21)25-26)6-12(20)14(11)30-17-10-4-2-1-3-9(10)15(27)23-24-17/h5-6H,1-4H2,(H,23,27)(H,22,28,29). The van der Waals surface area contributed by atoms with Gasteiger partial charge < -0.3 is 4.74 Å². The summed E-state index contributed by atoms with van der Waals surface area (Å²) in [6.07, 6.45) is 3.08. The molecule has 2 N–H and O–H groups in total. The molecule has 2 heterocycles. The van der Waals surface area contributed by atoms with Crippen molar-refractivity contribution >= 4 is 23.2 Å². The third-order valence-corrected chi connectivity index (χ3v) is 5.18. The number of H-pyrrole nitrogens is 2. The van der Waals surface area contributed by atoms with E-state index in [1.54, 1.807) is 6.07 Å². The Hall–Kier alpha value is -3.42. The third-order valence-electron chi connectivity index (χ3n) is 4.62. The Bertz CT molecular complexity index is 1360. The second kappa shape index (κ2) is 7.78. The summed E-state index contributed by atoms with van der Waals surface area (Å²) in [5, 5.41) is 19.1. The Morgan fingerprint density at radius 1 is 1.07 bits per heavy atom. The molecule has 0 fully saturated rings. The Morgan fingerprint density at radius 3 is 2.40 bits per heavy atom. The van der Waals surface area contributed by atoms with Crippen LogP contribution in [0.2, 0.25) is 10.0 Å². The van der Waals surface area contributed by atoms with Crippen molar-refractivity contribution in [1.29, 1.82) is 5.26 Å². The van der Waals surface area contributed by atoms with Crippen molar-refractivity contribution in [2.75, 3.05) is 0 Å². The zero-order valence-corrected chi connectivity index (χ0v) is 16.7. The summed E-state index contributed by atoms with van der Waals surface area (Å²) in [4.78, 5) is 37.6. The minimum Gasteiger partial charge on any atom is -0.434 e. The van der Waals surface area contributed by atoms with Crippen LogP contribution in [0, 0.1) is 11.3 Å². The zero-order chi connectivity index (χ0) is 21.4. The van der Waals surface area contributed by atoms with Gasteiger partial charge in [-0.3, -0.25) is 14.6 Å². The van der Waals surface area contributed by atoms with Gasteiger partial charge in [0.25, 0.3) is 11.1 Å². The van der Waals surface area contributed by atoms with Crippen LogP contribution in [0.1, 0.15) is 29.7 Å². The van der Waals surface area contributed by atoms with E-state index in [2.05, 4.69) is 15.3 Å². The second-order valence-electron chi connectivity index (χ2n) is 6.49. The van der Waals surface area contributed by atoms with Crippen LogP contribution in [0.25, 0.3) is 5.69 Å². The lowest BCUT2D eigenvalue weighted by Crippen LogP contribution is -2.33. The summed E-state index contributed by atoms with van der Waals surface area (Å²) in [5.74, 6) is 0.277. The highest BCUT2D eigenvalue weighted by Crippen LogP contribution is 2.39. The molecule has 2 aromatic heterocycles. The zero-order valence-electron chi connectivity index (χ0n) is 15.2. The lowest BCUT2D eigenvalue weighted by atomic mass is 9.94. The molecule has 10 nitrogen and oxygen atoms in total. The maximum Gasteiger partial charge on any atom is 0.349 e. The van der Waals surface area contributed by atoms with Crippen LogP contribution < -0.4 is 21.5 Å². The van der Waals surface area contributed by atoms with Crippen molar-refractivity contribution < 1.29 is 4.74 Å². The van der Waals surface area contributed by atoms with Crippen molar-refractivity contribution in [1.82, 2.24) is 25.0 Å². The first-order valence-electron chi connectivity index (χ1n) is 8.80. The number of nitriles is 1. The lowest BCUT2D eigenvalue weighted by molar-refractivity contribution is 0.440. The smallest absolute Gasteiger partial charge is 0.349 e. The highest BCUT2D eigenvalue weighted by molar-refractivity contribution is 6.37. The van der Waals surface area contributed by atoms with E-state index < -0.39 is 16.9 Å². The van der Waals surface area contributed by atoms with Crippen molar-refractivity contribution in [3.05, 3.63) is 70.2 Å². The van der Waals surface area contributed by atoms with Crippen LogP contribution in [-0.2, 0) is 12.8 Å². The van der Waals surface area contributed by atoms with E-state index in [0.29, 0.717) is 24.0 Å². The van der Waals surface area contributed by atoms with Gasteiger partial charge in [-0.05, 0) is 37.8 Å². The minimum absolute atomic E-state index is 0.0356. The first-order valence-corrected chi connectivity index (χ1v) is 9.56. The van der Waals surface area contributed by atoms with E-state index in [0.717, 1.165) is 17.5 Å². The largest absolute Gasteiger partial charge is 0.434 e. The number of benzene rings is 1. The van der Waals surface area contributed by atoms with Gasteiger partial charge in [0.05, 0.1) is 15.7 Å². The molecule has 1 aliphatic carbocycles. The predicted octanol–water partition coefficient (Wildman–Crippen LogP) is 1.85. The summed E-state index contributed by atoms with van der Waals surface area (Å²) >= 11 is 12.6. The Kier molecular flexibility index (Phi) is 5.15. The molecule has 12 heteroatoms. The maximum absolute atomic E-state index is 12.1. The Labute approximate surface area is 177 Å². The number of hydrogen-bond acceptors (Lipinski definition) is 7. The van der Waals surface area contributed by atoms with Gasteiger partial charge in [0, 0.05) is 11.1 Å². The van der Waals surface area contributed by atoms with E-state index in [1.807, 2.05) is 4.98 Å². The van der Waals surface area contributed by atoms with Gasteiger partial charge in [-0.15, -0.1) is 10.2 Å². The summed E-state index contributed by atoms with van der Waals surface area (Å²) < 4.78 is 6.61. The van der Waals surface area contributed by atoms with E-state index >= 15 is 0 Å². The van der Waals surface area contributed by atoms with E-state index in [9.17, 15) is 14.4 Å². The molecule has 30 heavy (non-hydrogen) atoms. The molecule has 0 unspecified atom stereocenters. The van der Waals surface area contributed by atoms with Crippen LogP contribution in [0.15, 0.2) is 26.5 Å². The fourth-order valence-electron chi connectivity index (χ4n) is 3.22. The van der Waals surface area contributed by atoms with Crippen LogP contribution in [0.5, 0.6) is 11.6 Å². The quantitative estimate of drug-likeness (QED) is 0.623. The van der Waals surface area contributed by atoms with Crippen LogP contribution in [0.3, 0.4) is 0 Å². The number of rotatable bonds is 3. The normalized spacial score (nSPS) is 12.8. The number of fused-ring (bicyclic) bond motifs is 1. The molecular formula is C18H12Cl2N6O4. The maximum atomic E-state index is 12.1. The molecule has 0 bridgehead atoms. The number of nitrogens with zero attached hydrogens (tertiary/aromatic N) is 4. The van der Waals surface area contributed by atoms with Gasteiger partial charge in [-0.1, -0.05) is 23.2 Å². The van der Waals surface area contributed by atoms with Gasteiger partial charge in [0.2, 0.25) is 11.6 Å². The number of nitrogens with one attached hydrogen (secondary N) is 2. The van der Waals surface area contributed by atoms with Gasteiger partial charge in [0.1, 0.15) is 6.07 Å². The van der Waals surface area contributed by atoms with Crippen molar-refractivity contribution in [3.63, 3.8) is 0 Å². The van der Waals surface area contributed by atoms with E-state index in [4.69, 9.17) is 33.2 Å². The highest BCUT2D eigenvalue weighted by Gasteiger charge is 2.22. The van der Waals surface area contributed by atoms with Gasteiger partial charge in [-0.2, -0.15) is 9.94 Å². The van der Waals surface area contributed by atoms with Crippen molar-refractivity contribution in [2.45, 2.75) is 25.7 Å². The van der Waals surface area contributed by atoms with Crippen LogP contribution in [-0.4, -0.2) is 25.0 Å². The molecule has 0 aliphatic heterocycles. The molecule has 0 radical (unpaired) electrons. The molecule has 0 spiro atoms. The Balaban J connectivity index is 1.77. The predicted molar refractivity (Wildman–Crippen MR) is 107 cm³/mol.